The highest BCUT2D eigenvalue weighted by molar-refractivity contribution is 5.95. The van der Waals surface area contributed by atoms with Crippen molar-refractivity contribution in [1.29, 1.82) is 0 Å². The molecular weight excluding hydrogens is 259 g/mol. The van der Waals surface area contributed by atoms with Crippen LogP contribution in [0.4, 0.5) is 10.1 Å². The predicted molar refractivity (Wildman–Crippen MR) is 75.5 cm³/mol. The first-order chi connectivity index (χ1) is 9.52. The van der Waals surface area contributed by atoms with E-state index in [1.54, 1.807) is 31.2 Å². The molecule has 104 valence electrons. The lowest BCUT2D eigenvalue weighted by Crippen LogP contribution is -2.17. The molecule has 0 unspecified atom stereocenters. The Morgan fingerprint density at radius 3 is 2.65 bits per heavy atom. The van der Waals surface area contributed by atoms with Crippen LogP contribution in [0.1, 0.15) is 15.9 Å². The standard InChI is InChI=1S/C15H15FN2O2/c1-9-4-3-5-13(14(9)16)20-12-7-6-10(8-11(12)17)15(19)18-2/h3-8H,17H2,1-2H3,(H,18,19). The highest BCUT2D eigenvalue weighted by Crippen LogP contribution is 2.30. The lowest BCUT2D eigenvalue weighted by atomic mass is 10.1. The van der Waals surface area contributed by atoms with Crippen LogP contribution in [0, 0.1) is 12.7 Å². The molecule has 0 spiro atoms. The van der Waals surface area contributed by atoms with E-state index in [0.717, 1.165) is 0 Å². The van der Waals surface area contributed by atoms with Crippen molar-refractivity contribution >= 4 is 11.6 Å². The van der Waals surface area contributed by atoms with Crippen molar-refractivity contribution in [3.63, 3.8) is 0 Å². The van der Waals surface area contributed by atoms with Gasteiger partial charge in [0.2, 0.25) is 0 Å². The summed E-state index contributed by atoms with van der Waals surface area (Å²) < 4.78 is 19.3. The molecule has 0 aromatic heterocycles. The zero-order valence-electron chi connectivity index (χ0n) is 11.2. The number of amides is 1. The van der Waals surface area contributed by atoms with E-state index in [2.05, 4.69) is 5.32 Å². The summed E-state index contributed by atoms with van der Waals surface area (Å²) >= 11 is 0. The number of hydrogen-bond acceptors (Lipinski definition) is 3. The molecule has 0 aliphatic heterocycles. The van der Waals surface area contributed by atoms with Crippen LogP contribution in [0.15, 0.2) is 36.4 Å². The molecular formula is C15H15FN2O2. The molecule has 2 aromatic rings. The summed E-state index contributed by atoms with van der Waals surface area (Å²) in [4.78, 5) is 11.5. The van der Waals surface area contributed by atoms with Crippen LogP contribution in [-0.2, 0) is 0 Å². The van der Waals surface area contributed by atoms with E-state index in [-0.39, 0.29) is 17.3 Å². The molecule has 0 saturated carbocycles. The number of anilines is 1. The topological polar surface area (TPSA) is 64.3 Å². The molecule has 0 bridgehead atoms. The van der Waals surface area contributed by atoms with Gasteiger partial charge >= 0.3 is 0 Å². The van der Waals surface area contributed by atoms with E-state index in [4.69, 9.17) is 10.5 Å². The van der Waals surface area contributed by atoms with Crippen molar-refractivity contribution in [1.82, 2.24) is 5.32 Å². The minimum atomic E-state index is -0.428. The van der Waals surface area contributed by atoms with E-state index in [9.17, 15) is 9.18 Å². The van der Waals surface area contributed by atoms with E-state index in [1.807, 2.05) is 0 Å². The Bertz CT molecular complexity index is 656. The molecule has 0 atom stereocenters. The quantitative estimate of drug-likeness (QED) is 0.846. The maximum absolute atomic E-state index is 13.9. The predicted octanol–water partition coefficient (Wildman–Crippen LogP) is 2.87. The highest BCUT2D eigenvalue weighted by Gasteiger charge is 2.11. The van der Waals surface area contributed by atoms with Crippen LogP contribution in [-0.4, -0.2) is 13.0 Å². The summed E-state index contributed by atoms with van der Waals surface area (Å²) in [5, 5.41) is 2.50. The van der Waals surface area contributed by atoms with Gasteiger partial charge in [-0.2, -0.15) is 0 Å². The maximum atomic E-state index is 13.9. The average Bonchev–Trinajstić information content (AvgIpc) is 2.45. The summed E-state index contributed by atoms with van der Waals surface area (Å²) in [7, 11) is 1.53. The molecule has 2 rings (SSSR count). The monoisotopic (exact) mass is 274 g/mol. The first kappa shape index (κ1) is 13.9. The normalized spacial score (nSPS) is 10.2. The van der Waals surface area contributed by atoms with Crippen LogP contribution in [0.3, 0.4) is 0 Å². The van der Waals surface area contributed by atoms with Crippen LogP contribution < -0.4 is 15.8 Å². The summed E-state index contributed by atoms with van der Waals surface area (Å²) in [6.07, 6.45) is 0. The number of nitrogen functional groups attached to an aromatic ring is 1. The van der Waals surface area contributed by atoms with Gasteiger partial charge in [-0.05, 0) is 36.8 Å². The van der Waals surface area contributed by atoms with E-state index in [1.165, 1.54) is 19.2 Å². The Morgan fingerprint density at radius 2 is 2.00 bits per heavy atom. The fourth-order valence-corrected chi connectivity index (χ4v) is 1.74. The summed E-state index contributed by atoms with van der Waals surface area (Å²) in [5.41, 5.74) is 7.00. The number of nitrogens with one attached hydrogen (secondary N) is 1. The number of nitrogens with two attached hydrogens (primary N) is 1. The third kappa shape index (κ3) is 2.71. The molecule has 1 amide bonds. The van der Waals surface area contributed by atoms with Gasteiger partial charge in [-0.25, -0.2) is 4.39 Å². The number of carbonyl (C=O) groups is 1. The number of halogens is 1. The van der Waals surface area contributed by atoms with Crippen LogP contribution >= 0.6 is 0 Å². The van der Waals surface area contributed by atoms with Crippen molar-refractivity contribution in [2.24, 2.45) is 0 Å². The zero-order valence-corrected chi connectivity index (χ0v) is 11.2. The molecule has 2 aromatic carbocycles. The number of ether oxygens (including phenoxy) is 1. The van der Waals surface area contributed by atoms with E-state index < -0.39 is 5.82 Å². The fourth-order valence-electron chi connectivity index (χ4n) is 1.74. The number of aryl methyl sites for hydroxylation is 1. The zero-order chi connectivity index (χ0) is 14.7. The van der Waals surface area contributed by atoms with Crippen LogP contribution in [0.5, 0.6) is 11.5 Å². The van der Waals surface area contributed by atoms with Crippen molar-refractivity contribution in [3.05, 3.63) is 53.3 Å². The largest absolute Gasteiger partial charge is 0.452 e. The average molecular weight is 274 g/mol. The molecule has 0 aliphatic carbocycles. The van der Waals surface area contributed by atoms with Gasteiger partial charge in [0.1, 0.15) is 0 Å². The fraction of sp³-hybridized carbons (Fsp3) is 0.133. The minimum absolute atomic E-state index is 0.101. The van der Waals surface area contributed by atoms with Crippen molar-refractivity contribution in [2.45, 2.75) is 6.92 Å². The second-order valence-corrected chi connectivity index (χ2v) is 4.32. The van der Waals surface area contributed by atoms with Gasteiger partial charge in [0.15, 0.2) is 17.3 Å². The van der Waals surface area contributed by atoms with Crippen LogP contribution in [0.25, 0.3) is 0 Å². The van der Waals surface area contributed by atoms with Gasteiger partial charge < -0.3 is 15.8 Å². The molecule has 0 heterocycles. The Kier molecular flexibility index (Phi) is 3.89. The second kappa shape index (κ2) is 5.61. The van der Waals surface area contributed by atoms with Crippen molar-refractivity contribution in [2.75, 3.05) is 12.8 Å². The Morgan fingerprint density at radius 1 is 1.25 bits per heavy atom. The molecule has 0 fully saturated rings. The van der Waals surface area contributed by atoms with Gasteiger partial charge in [0.05, 0.1) is 5.69 Å². The van der Waals surface area contributed by atoms with Crippen molar-refractivity contribution < 1.29 is 13.9 Å². The summed E-state index contributed by atoms with van der Waals surface area (Å²) in [5.74, 6) is -0.265. The Balaban J connectivity index is 2.30. The molecule has 0 saturated heterocycles. The van der Waals surface area contributed by atoms with Gasteiger partial charge in [0.25, 0.3) is 5.91 Å². The van der Waals surface area contributed by atoms with Gasteiger partial charge in [0, 0.05) is 12.6 Å². The summed E-state index contributed by atoms with van der Waals surface area (Å²) in [6.45, 7) is 1.65. The van der Waals surface area contributed by atoms with E-state index in [0.29, 0.717) is 16.9 Å². The molecule has 3 N–H and O–H groups in total. The second-order valence-electron chi connectivity index (χ2n) is 4.32. The number of benzene rings is 2. The molecule has 4 nitrogen and oxygen atoms in total. The third-order valence-corrected chi connectivity index (χ3v) is 2.88. The van der Waals surface area contributed by atoms with E-state index >= 15 is 0 Å². The SMILES string of the molecule is CNC(=O)c1ccc(Oc2cccc(C)c2F)c(N)c1. The molecule has 5 heteroatoms. The van der Waals surface area contributed by atoms with Crippen molar-refractivity contribution in [3.8, 4) is 11.5 Å². The van der Waals surface area contributed by atoms with Gasteiger partial charge in [-0.3, -0.25) is 4.79 Å². The molecule has 0 radical (unpaired) electrons. The lowest BCUT2D eigenvalue weighted by Gasteiger charge is -2.11. The van der Waals surface area contributed by atoms with Gasteiger partial charge in [-0.1, -0.05) is 12.1 Å². The Hall–Kier alpha value is -2.56. The molecule has 20 heavy (non-hydrogen) atoms. The first-order valence-corrected chi connectivity index (χ1v) is 6.07. The minimum Gasteiger partial charge on any atom is -0.452 e. The first-order valence-electron chi connectivity index (χ1n) is 6.07. The van der Waals surface area contributed by atoms with Crippen LogP contribution in [0.2, 0.25) is 0 Å². The number of carbonyl (C=O) groups excluding carboxylic acids is 1. The third-order valence-electron chi connectivity index (χ3n) is 2.88. The maximum Gasteiger partial charge on any atom is 0.251 e. The smallest absolute Gasteiger partial charge is 0.251 e. The van der Waals surface area contributed by atoms with Gasteiger partial charge in [-0.15, -0.1) is 0 Å². The number of hydrogen-bond donors (Lipinski definition) is 2. The highest BCUT2D eigenvalue weighted by atomic mass is 19.1. The number of rotatable bonds is 3. The lowest BCUT2D eigenvalue weighted by molar-refractivity contribution is 0.0963. The summed E-state index contributed by atoms with van der Waals surface area (Å²) in [6, 6.07) is 9.47. The molecule has 0 aliphatic rings. The Labute approximate surface area is 116 Å².